The first kappa shape index (κ1) is 24.7. The van der Waals surface area contributed by atoms with Crippen LogP contribution in [-0.2, 0) is 13.4 Å². The molecule has 12 heavy (non-hydrogen) atoms. The predicted octanol–water partition coefficient (Wildman–Crippen LogP) is -3.02. The van der Waals surface area contributed by atoms with Crippen molar-refractivity contribution in [2.45, 2.75) is 0 Å². The summed E-state index contributed by atoms with van der Waals surface area (Å²) in [4.78, 5) is 31.0. The second-order valence-corrected chi connectivity index (χ2v) is 3.68. The van der Waals surface area contributed by atoms with E-state index in [2.05, 4.69) is 4.31 Å². The zero-order chi connectivity index (χ0) is 7.71. The van der Waals surface area contributed by atoms with Gasteiger partial charge in [0.2, 0.25) is 0 Å². The summed E-state index contributed by atoms with van der Waals surface area (Å²) in [6, 6.07) is 0. The molecule has 0 saturated carbocycles. The first-order valence-corrected chi connectivity index (χ1v) is 4.59. The van der Waals surface area contributed by atoms with Crippen LogP contribution in [-0.4, -0.2) is 116 Å². The van der Waals surface area contributed by atoms with Crippen molar-refractivity contribution in [3.8, 4) is 0 Å². The Bertz CT molecular complexity index is 160. The zero-order valence-corrected chi connectivity index (χ0v) is 5.70. The Hall–Kier alpha value is 3.52. The second-order valence-electron chi connectivity index (χ2n) is 1.06. The zero-order valence-electron chi connectivity index (χ0n) is 3.91. The minimum atomic E-state index is -5.05. The molecule has 0 heterocycles. The molecule has 0 aromatic heterocycles. The molecule has 0 fully saturated rings. The van der Waals surface area contributed by atoms with Gasteiger partial charge < -0.3 is 19.6 Å². The van der Waals surface area contributed by atoms with Crippen LogP contribution in [0.2, 0.25) is 0 Å². The summed E-state index contributed by atoms with van der Waals surface area (Å²) in [6.45, 7) is 0. The van der Waals surface area contributed by atoms with Gasteiger partial charge in [-0.2, -0.15) is 4.31 Å². The van der Waals surface area contributed by atoms with Gasteiger partial charge in [-0.3, -0.25) is 0 Å². The molecular weight excluding hydrogens is 260 g/mol. The molecule has 0 aliphatic carbocycles. The standard InChI is InChI=1S/Ca.2Na.H4O7P2.4H/c;;;1-8(2,3)7-9(4,5)6;;;;/h;;;(H2,1,2,3)(H2,4,5,6);;;;. The molecule has 0 saturated heterocycles. The van der Waals surface area contributed by atoms with Crippen LogP contribution < -0.4 is 0 Å². The van der Waals surface area contributed by atoms with E-state index in [4.69, 9.17) is 19.6 Å². The number of phosphoric acid groups is 2. The summed E-state index contributed by atoms with van der Waals surface area (Å²) < 4.78 is 22.2. The maximum atomic E-state index is 9.63. The number of hydrogen-bond acceptors (Lipinski definition) is 3. The number of hydrogen-bond donors (Lipinski definition) is 4. The van der Waals surface area contributed by atoms with Crippen LogP contribution in [0.15, 0.2) is 0 Å². The summed E-state index contributed by atoms with van der Waals surface area (Å²) in [5.41, 5.74) is 0. The predicted molar refractivity (Wildman–Crippen MR) is 48.0 cm³/mol. The Labute approximate surface area is 143 Å². The van der Waals surface area contributed by atoms with E-state index in [0.29, 0.717) is 0 Å². The van der Waals surface area contributed by atoms with Crippen LogP contribution in [0.1, 0.15) is 0 Å². The molecule has 0 aromatic rings. The Balaban J connectivity index is -0.000000107. The van der Waals surface area contributed by atoms with E-state index in [1.54, 1.807) is 0 Å². The Kier molecular flexibility index (Phi) is 20.0. The minimum absolute atomic E-state index is 0. The fraction of sp³-hybridized carbons (Fsp3) is 0. The summed E-state index contributed by atoms with van der Waals surface area (Å²) in [5, 5.41) is 0. The first-order chi connectivity index (χ1) is 3.71. The molecule has 0 amide bonds. The molecular formula is H8CaNa2O7P2. The third kappa shape index (κ3) is 23.4. The molecule has 0 aliphatic heterocycles. The maximum absolute atomic E-state index is 9.63. The van der Waals surface area contributed by atoms with Gasteiger partial charge in [0, 0.05) is 0 Å². The molecule has 4 N–H and O–H groups in total. The quantitative estimate of drug-likeness (QED) is 0.310. The molecule has 12 heteroatoms. The average Bonchev–Trinajstić information content (AvgIpc) is 1.14. The molecule has 0 radical (unpaired) electrons. The second kappa shape index (κ2) is 9.72. The van der Waals surface area contributed by atoms with Gasteiger partial charge in [-0.05, 0) is 0 Å². The molecule has 0 unspecified atom stereocenters. The molecule has 0 atom stereocenters. The molecule has 0 aromatic carbocycles. The fourth-order valence-corrected chi connectivity index (χ4v) is 1.25. The SMILES string of the molecule is O=P(O)(O)OP(=O)(O)O.[CaH2].[NaH].[NaH]. The van der Waals surface area contributed by atoms with E-state index in [9.17, 15) is 9.13 Å². The van der Waals surface area contributed by atoms with Crippen LogP contribution >= 0.6 is 15.6 Å². The van der Waals surface area contributed by atoms with Crippen molar-refractivity contribution >= 4 is 112 Å². The normalized spacial score (nSPS) is 10.3. The number of rotatable bonds is 2. The van der Waals surface area contributed by atoms with Crippen LogP contribution in [0, 0.1) is 0 Å². The Morgan fingerprint density at radius 2 is 1.00 bits per heavy atom. The van der Waals surface area contributed by atoms with E-state index in [1.807, 2.05) is 0 Å². The van der Waals surface area contributed by atoms with E-state index in [1.165, 1.54) is 0 Å². The average molecular weight is 268 g/mol. The Morgan fingerprint density at radius 3 is 1.00 bits per heavy atom. The molecule has 7 nitrogen and oxygen atoms in total. The van der Waals surface area contributed by atoms with Gasteiger partial charge in [-0.1, -0.05) is 0 Å². The third-order valence-corrected chi connectivity index (χ3v) is 1.91. The summed E-state index contributed by atoms with van der Waals surface area (Å²) in [5.74, 6) is 0. The summed E-state index contributed by atoms with van der Waals surface area (Å²) in [7, 11) is -10.1. The molecule has 0 bridgehead atoms. The van der Waals surface area contributed by atoms with Crippen molar-refractivity contribution in [2.24, 2.45) is 0 Å². The monoisotopic (exact) mass is 268 g/mol. The van der Waals surface area contributed by atoms with Crippen molar-refractivity contribution in [1.29, 1.82) is 0 Å². The van der Waals surface area contributed by atoms with Gasteiger partial charge >= 0.3 is 112 Å². The third-order valence-electron chi connectivity index (χ3n) is 0.213. The van der Waals surface area contributed by atoms with Crippen molar-refractivity contribution in [1.82, 2.24) is 0 Å². The van der Waals surface area contributed by atoms with Crippen LogP contribution in [0.3, 0.4) is 0 Å². The van der Waals surface area contributed by atoms with E-state index >= 15 is 0 Å². The van der Waals surface area contributed by atoms with E-state index in [0.717, 1.165) is 0 Å². The summed E-state index contributed by atoms with van der Waals surface area (Å²) >= 11 is 0. The van der Waals surface area contributed by atoms with E-state index in [-0.39, 0.29) is 96.9 Å². The summed E-state index contributed by atoms with van der Waals surface area (Å²) in [6.07, 6.45) is 0. The molecule has 0 rings (SSSR count). The topological polar surface area (TPSA) is 124 Å². The van der Waals surface area contributed by atoms with Crippen molar-refractivity contribution < 1.29 is 33.0 Å². The van der Waals surface area contributed by atoms with Gasteiger partial charge in [0.05, 0.1) is 0 Å². The van der Waals surface area contributed by atoms with Crippen LogP contribution in [0.25, 0.3) is 0 Å². The fourth-order valence-electron chi connectivity index (χ4n) is 0.139. The van der Waals surface area contributed by atoms with Gasteiger partial charge in [-0.15, -0.1) is 0 Å². The van der Waals surface area contributed by atoms with Gasteiger partial charge in [-0.25, -0.2) is 9.13 Å². The van der Waals surface area contributed by atoms with Crippen LogP contribution in [0.5, 0.6) is 0 Å². The van der Waals surface area contributed by atoms with Crippen molar-refractivity contribution in [2.75, 3.05) is 0 Å². The molecule has 0 aliphatic rings. The molecule has 0 spiro atoms. The molecule has 64 valence electrons. The van der Waals surface area contributed by atoms with Gasteiger partial charge in [0.25, 0.3) is 0 Å². The van der Waals surface area contributed by atoms with Gasteiger partial charge in [0.15, 0.2) is 0 Å². The van der Waals surface area contributed by atoms with Crippen molar-refractivity contribution in [3.05, 3.63) is 0 Å². The van der Waals surface area contributed by atoms with E-state index < -0.39 is 15.6 Å². The first-order valence-electron chi connectivity index (χ1n) is 1.53. The van der Waals surface area contributed by atoms with Gasteiger partial charge in [0.1, 0.15) is 0 Å². The van der Waals surface area contributed by atoms with Crippen LogP contribution in [0.4, 0.5) is 0 Å². The Morgan fingerprint density at radius 1 is 0.833 bits per heavy atom. The van der Waals surface area contributed by atoms with Crippen molar-refractivity contribution in [3.63, 3.8) is 0 Å².